The van der Waals surface area contributed by atoms with E-state index >= 15 is 0 Å². The van der Waals surface area contributed by atoms with Gasteiger partial charge >= 0.3 is 11.9 Å². The zero-order valence-electron chi connectivity index (χ0n) is 42.9. The minimum Gasteiger partial charge on any atom is -0.756 e. The summed E-state index contributed by atoms with van der Waals surface area (Å²) in [5.41, 5.74) is 0. The fourth-order valence-corrected chi connectivity index (χ4v) is 7.56. The maximum atomic E-state index is 12.7. The number of quaternary nitrogens is 1. The van der Waals surface area contributed by atoms with E-state index in [0.717, 1.165) is 96.3 Å². The van der Waals surface area contributed by atoms with E-state index in [1.165, 1.54) is 77.0 Å². The summed E-state index contributed by atoms with van der Waals surface area (Å²) in [6.07, 6.45) is 61.9. The lowest BCUT2D eigenvalue weighted by molar-refractivity contribution is -0.870. The normalized spacial score (nSPS) is 14.1. The molecule has 66 heavy (non-hydrogen) atoms. The molecule has 0 aromatic rings. The number of rotatable bonds is 47. The van der Waals surface area contributed by atoms with Crippen LogP contribution in [0.2, 0.25) is 0 Å². The van der Waals surface area contributed by atoms with Crippen molar-refractivity contribution in [1.82, 2.24) is 0 Å². The van der Waals surface area contributed by atoms with Gasteiger partial charge in [-0.3, -0.25) is 14.2 Å². The molecule has 0 rings (SSSR count). The Bertz CT molecular complexity index is 1390. The topological polar surface area (TPSA) is 111 Å². The standard InChI is InChI=1S/C56H98NO8P/c1-6-8-10-12-14-16-18-20-22-24-25-26-27-28-29-30-31-33-34-36-38-40-42-44-46-48-55(58)62-52-54(53-64-66(60,61)63-51-50-57(3,4)5)65-56(59)49-47-45-43-41-39-37-35-32-23-21-19-17-15-13-11-9-7-2/h9,11,15,17-18,20-21,23-25,27-28,35,37,54H,6-8,10,12-14,16,19,22,26,29-34,36,38-53H2,1-5H3/b11-9-,17-15-,20-18-,23-21-,25-24-,28-27-,37-35-. The summed E-state index contributed by atoms with van der Waals surface area (Å²) in [4.78, 5) is 37.7. The minimum atomic E-state index is -4.64. The second kappa shape index (κ2) is 47.3. The van der Waals surface area contributed by atoms with Crippen molar-refractivity contribution in [1.29, 1.82) is 0 Å². The molecule has 0 aliphatic carbocycles. The molecule has 0 saturated carbocycles. The highest BCUT2D eigenvalue weighted by molar-refractivity contribution is 7.45. The van der Waals surface area contributed by atoms with E-state index in [4.69, 9.17) is 18.5 Å². The number of likely N-dealkylation sites (N-methyl/N-ethyl adjacent to an activating group) is 1. The maximum absolute atomic E-state index is 12.7. The maximum Gasteiger partial charge on any atom is 0.306 e. The predicted octanol–water partition coefficient (Wildman–Crippen LogP) is 15.3. The molecule has 2 unspecified atom stereocenters. The molecule has 0 amide bonds. The summed E-state index contributed by atoms with van der Waals surface area (Å²) in [7, 11) is 1.13. The van der Waals surface area contributed by atoms with Crippen LogP contribution in [0.1, 0.15) is 206 Å². The summed E-state index contributed by atoms with van der Waals surface area (Å²) in [5, 5.41) is 0. The van der Waals surface area contributed by atoms with Gasteiger partial charge in [-0.1, -0.05) is 189 Å². The second-order valence-corrected chi connectivity index (χ2v) is 19.9. The summed E-state index contributed by atoms with van der Waals surface area (Å²) >= 11 is 0. The molecule has 0 radical (unpaired) electrons. The largest absolute Gasteiger partial charge is 0.756 e. The number of hydrogen-bond donors (Lipinski definition) is 0. The van der Waals surface area contributed by atoms with Crippen molar-refractivity contribution >= 4 is 19.8 Å². The molecule has 9 nitrogen and oxygen atoms in total. The average molecular weight is 944 g/mol. The van der Waals surface area contributed by atoms with Gasteiger partial charge < -0.3 is 27.9 Å². The lowest BCUT2D eigenvalue weighted by Crippen LogP contribution is -2.37. The molecule has 380 valence electrons. The average Bonchev–Trinajstić information content (AvgIpc) is 3.27. The molecule has 0 aliphatic heterocycles. The Morgan fingerprint density at radius 2 is 0.864 bits per heavy atom. The Balaban J connectivity index is 4.26. The van der Waals surface area contributed by atoms with Gasteiger partial charge in [0.05, 0.1) is 27.7 Å². The van der Waals surface area contributed by atoms with Gasteiger partial charge in [0.1, 0.15) is 19.8 Å². The number of carbonyl (C=O) groups is 2. The highest BCUT2D eigenvalue weighted by Crippen LogP contribution is 2.38. The van der Waals surface area contributed by atoms with Crippen molar-refractivity contribution < 1.29 is 42.1 Å². The van der Waals surface area contributed by atoms with Crippen LogP contribution in [0.3, 0.4) is 0 Å². The smallest absolute Gasteiger partial charge is 0.306 e. The van der Waals surface area contributed by atoms with Crippen molar-refractivity contribution in [3.05, 3.63) is 85.1 Å². The van der Waals surface area contributed by atoms with Crippen LogP contribution < -0.4 is 4.89 Å². The number of phosphoric acid groups is 1. The number of hydrogen-bond acceptors (Lipinski definition) is 8. The van der Waals surface area contributed by atoms with Crippen LogP contribution in [0.15, 0.2) is 85.1 Å². The summed E-state index contributed by atoms with van der Waals surface area (Å²) in [6.45, 7) is 4.07. The molecule has 0 fully saturated rings. The van der Waals surface area contributed by atoms with E-state index in [0.29, 0.717) is 17.4 Å². The molecule has 0 aromatic carbocycles. The van der Waals surface area contributed by atoms with Crippen LogP contribution in [-0.2, 0) is 32.7 Å². The van der Waals surface area contributed by atoms with Crippen LogP contribution in [0.25, 0.3) is 0 Å². The molecule has 0 spiro atoms. The molecular weight excluding hydrogens is 846 g/mol. The van der Waals surface area contributed by atoms with Gasteiger partial charge in [0, 0.05) is 12.8 Å². The molecule has 0 aliphatic rings. The molecule has 0 N–H and O–H groups in total. The second-order valence-electron chi connectivity index (χ2n) is 18.5. The highest BCUT2D eigenvalue weighted by atomic mass is 31.2. The van der Waals surface area contributed by atoms with Crippen molar-refractivity contribution in [3.63, 3.8) is 0 Å². The van der Waals surface area contributed by atoms with Crippen molar-refractivity contribution in [2.24, 2.45) is 0 Å². The monoisotopic (exact) mass is 944 g/mol. The Kier molecular flexibility index (Phi) is 45.3. The predicted molar refractivity (Wildman–Crippen MR) is 277 cm³/mol. The number of unbranched alkanes of at least 4 members (excludes halogenated alkanes) is 19. The van der Waals surface area contributed by atoms with Crippen molar-refractivity contribution in [2.75, 3.05) is 47.5 Å². The fraction of sp³-hybridized carbons (Fsp3) is 0.714. The zero-order valence-corrected chi connectivity index (χ0v) is 43.8. The quantitative estimate of drug-likeness (QED) is 0.0195. The molecule has 0 bridgehead atoms. The number of esters is 2. The van der Waals surface area contributed by atoms with Gasteiger partial charge in [0.25, 0.3) is 7.82 Å². The fourth-order valence-electron chi connectivity index (χ4n) is 6.83. The van der Waals surface area contributed by atoms with Gasteiger partial charge in [0.15, 0.2) is 6.10 Å². The van der Waals surface area contributed by atoms with Gasteiger partial charge in [-0.15, -0.1) is 0 Å². The molecular formula is C56H98NO8P. The van der Waals surface area contributed by atoms with E-state index in [1.807, 2.05) is 21.1 Å². The molecule has 10 heteroatoms. The summed E-state index contributed by atoms with van der Waals surface area (Å²) < 4.78 is 34.0. The van der Waals surface area contributed by atoms with E-state index in [1.54, 1.807) is 0 Å². The Morgan fingerprint density at radius 3 is 1.29 bits per heavy atom. The van der Waals surface area contributed by atoms with Crippen LogP contribution in [0.5, 0.6) is 0 Å². The first-order valence-electron chi connectivity index (χ1n) is 26.3. The number of phosphoric ester groups is 1. The van der Waals surface area contributed by atoms with Gasteiger partial charge in [-0.25, -0.2) is 0 Å². The minimum absolute atomic E-state index is 0.0408. The molecule has 0 saturated heterocycles. The third kappa shape index (κ3) is 50.6. The Hall–Kier alpha value is -2.81. The third-order valence-electron chi connectivity index (χ3n) is 10.9. The SMILES string of the molecule is CC/C=C\C/C=C\C/C=C\C/C=C\CCCCCCC(=O)OC(COC(=O)CCCCCCCCCCCC/C=C\C/C=C\C/C=C\CCCCCCC)COP(=O)([O-])OCC[N+](C)(C)C. The van der Waals surface area contributed by atoms with Crippen molar-refractivity contribution in [3.8, 4) is 0 Å². The first-order valence-corrected chi connectivity index (χ1v) is 27.8. The summed E-state index contributed by atoms with van der Waals surface area (Å²) in [5.74, 6) is -0.870. The number of allylic oxidation sites excluding steroid dienone is 14. The highest BCUT2D eigenvalue weighted by Gasteiger charge is 2.21. The van der Waals surface area contributed by atoms with Gasteiger partial charge in [0.2, 0.25) is 0 Å². The van der Waals surface area contributed by atoms with E-state index in [9.17, 15) is 19.0 Å². The van der Waals surface area contributed by atoms with Crippen molar-refractivity contribution in [2.45, 2.75) is 213 Å². The van der Waals surface area contributed by atoms with E-state index < -0.39 is 32.5 Å². The van der Waals surface area contributed by atoms with Crippen LogP contribution >= 0.6 is 7.82 Å². The number of ether oxygens (including phenoxy) is 2. The van der Waals surface area contributed by atoms with E-state index in [2.05, 4.69) is 98.9 Å². The van der Waals surface area contributed by atoms with Gasteiger partial charge in [-0.05, 0) is 89.9 Å². The van der Waals surface area contributed by atoms with Crippen LogP contribution in [-0.4, -0.2) is 70.0 Å². The Labute approximate surface area is 405 Å². The summed E-state index contributed by atoms with van der Waals surface area (Å²) in [6, 6.07) is 0. The first kappa shape index (κ1) is 63.2. The molecule has 0 aromatic heterocycles. The lowest BCUT2D eigenvalue weighted by atomic mass is 10.1. The molecule has 2 atom stereocenters. The number of carbonyl (C=O) groups excluding carboxylic acids is 2. The van der Waals surface area contributed by atoms with E-state index in [-0.39, 0.29) is 26.1 Å². The zero-order chi connectivity index (χ0) is 48.5. The molecule has 0 heterocycles. The first-order chi connectivity index (χ1) is 32.0. The Morgan fingerprint density at radius 1 is 0.485 bits per heavy atom. The van der Waals surface area contributed by atoms with Crippen LogP contribution in [0.4, 0.5) is 0 Å². The van der Waals surface area contributed by atoms with Crippen LogP contribution in [0, 0.1) is 0 Å². The van der Waals surface area contributed by atoms with Gasteiger partial charge in [-0.2, -0.15) is 0 Å². The number of nitrogens with zero attached hydrogens (tertiary/aromatic N) is 1. The lowest BCUT2D eigenvalue weighted by Gasteiger charge is -2.28. The third-order valence-corrected chi connectivity index (χ3v) is 11.9.